The molecular weight excluding hydrogens is 414 g/mol. The molecule has 0 aromatic heterocycles. The summed E-state index contributed by atoms with van der Waals surface area (Å²) in [6.45, 7) is 3.40. The predicted octanol–water partition coefficient (Wildman–Crippen LogP) is 2.20. The van der Waals surface area contributed by atoms with Crippen LogP contribution < -0.4 is 5.32 Å². The highest BCUT2D eigenvalue weighted by atomic mass is 32.2. The Morgan fingerprint density at radius 1 is 1.06 bits per heavy atom. The van der Waals surface area contributed by atoms with Crippen LogP contribution in [0.3, 0.4) is 0 Å². The lowest BCUT2D eigenvalue weighted by atomic mass is 10.0. The monoisotopic (exact) mass is 443 g/mol. The number of likely N-dealkylation sites (N-methyl/N-ethyl adjacent to an activating group) is 1. The molecule has 1 atom stereocenters. The van der Waals surface area contributed by atoms with Gasteiger partial charge in [0.1, 0.15) is 0 Å². The van der Waals surface area contributed by atoms with Crippen molar-refractivity contribution >= 4 is 15.9 Å². The first-order valence-corrected chi connectivity index (χ1v) is 12.2. The van der Waals surface area contributed by atoms with E-state index in [-0.39, 0.29) is 16.9 Å². The minimum atomic E-state index is -3.70. The average molecular weight is 444 g/mol. The number of carbonyl (C=O) groups is 1. The van der Waals surface area contributed by atoms with E-state index in [1.54, 1.807) is 12.1 Å². The largest absolute Gasteiger partial charge is 0.376 e. The maximum atomic E-state index is 13.4. The minimum Gasteiger partial charge on any atom is -0.376 e. The molecule has 2 fully saturated rings. The van der Waals surface area contributed by atoms with E-state index in [4.69, 9.17) is 4.74 Å². The third kappa shape index (κ3) is 5.15. The zero-order chi connectivity index (χ0) is 21.8. The van der Waals surface area contributed by atoms with Crippen LogP contribution in [0.5, 0.6) is 0 Å². The average Bonchev–Trinajstić information content (AvgIpc) is 3.32. The van der Waals surface area contributed by atoms with Gasteiger partial charge in [0, 0.05) is 44.9 Å². The predicted molar refractivity (Wildman–Crippen MR) is 119 cm³/mol. The van der Waals surface area contributed by atoms with Crippen molar-refractivity contribution in [1.29, 1.82) is 0 Å². The Morgan fingerprint density at radius 2 is 1.81 bits per heavy atom. The summed E-state index contributed by atoms with van der Waals surface area (Å²) in [5, 5.41) is 2.90. The van der Waals surface area contributed by atoms with Crippen molar-refractivity contribution in [3.05, 3.63) is 54.1 Å². The van der Waals surface area contributed by atoms with Gasteiger partial charge in [-0.3, -0.25) is 4.79 Å². The van der Waals surface area contributed by atoms with Crippen LogP contribution in [-0.2, 0) is 14.8 Å². The molecule has 2 aromatic carbocycles. The summed E-state index contributed by atoms with van der Waals surface area (Å²) < 4.78 is 33.8. The van der Waals surface area contributed by atoms with Gasteiger partial charge in [-0.2, -0.15) is 4.31 Å². The van der Waals surface area contributed by atoms with Crippen molar-refractivity contribution in [2.24, 2.45) is 0 Å². The highest BCUT2D eigenvalue weighted by Gasteiger charge is 2.29. The third-order valence-electron chi connectivity index (χ3n) is 5.89. The minimum absolute atomic E-state index is 0.0230. The van der Waals surface area contributed by atoms with Crippen LogP contribution in [0.2, 0.25) is 0 Å². The van der Waals surface area contributed by atoms with E-state index >= 15 is 0 Å². The van der Waals surface area contributed by atoms with E-state index in [1.807, 2.05) is 37.4 Å². The van der Waals surface area contributed by atoms with E-state index in [0.717, 1.165) is 25.0 Å². The summed E-state index contributed by atoms with van der Waals surface area (Å²) in [5.74, 6) is -0.289. The van der Waals surface area contributed by atoms with Crippen LogP contribution in [0.25, 0.3) is 11.1 Å². The van der Waals surface area contributed by atoms with E-state index < -0.39 is 10.0 Å². The van der Waals surface area contributed by atoms with E-state index in [2.05, 4.69) is 10.2 Å². The fourth-order valence-electron chi connectivity index (χ4n) is 3.97. The zero-order valence-corrected chi connectivity index (χ0v) is 18.6. The molecule has 2 saturated heterocycles. The van der Waals surface area contributed by atoms with Crippen LogP contribution in [0.1, 0.15) is 23.2 Å². The Kier molecular flexibility index (Phi) is 6.71. The van der Waals surface area contributed by atoms with E-state index in [1.165, 1.54) is 10.4 Å². The molecule has 31 heavy (non-hydrogen) atoms. The first-order chi connectivity index (χ1) is 14.9. The number of sulfonamides is 1. The Morgan fingerprint density at radius 3 is 2.48 bits per heavy atom. The molecule has 4 rings (SSSR count). The van der Waals surface area contributed by atoms with Gasteiger partial charge in [-0.15, -0.1) is 0 Å². The number of ether oxygens (including phenoxy) is 1. The van der Waals surface area contributed by atoms with Crippen molar-refractivity contribution in [2.75, 3.05) is 46.4 Å². The molecule has 0 bridgehead atoms. The fourth-order valence-corrected chi connectivity index (χ4v) is 5.46. The van der Waals surface area contributed by atoms with Gasteiger partial charge < -0.3 is 15.0 Å². The number of nitrogens with one attached hydrogen (secondary N) is 1. The number of amides is 1. The zero-order valence-electron chi connectivity index (χ0n) is 17.8. The maximum Gasteiger partial charge on any atom is 0.251 e. The number of nitrogens with zero attached hydrogens (tertiary/aromatic N) is 2. The summed E-state index contributed by atoms with van der Waals surface area (Å²) in [7, 11) is -1.72. The molecule has 7 nitrogen and oxygen atoms in total. The number of hydrogen-bond donors (Lipinski definition) is 1. The first-order valence-electron chi connectivity index (χ1n) is 10.7. The van der Waals surface area contributed by atoms with Gasteiger partial charge >= 0.3 is 0 Å². The van der Waals surface area contributed by atoms with E-state index in [0.29, 0.717) is 43.9 Å². The van der Waals surface area contributed by atoms with Gasteiger partial charge in [0.25, 0.3) is 5.91 Å². The molecule has 0 aliphatic carbocycles. The van der Waals surface area contributed by atoms with Crippen LogP contribution in [0.4, 0.5) is 0 Å². The second-order valence-corrected chi connectivity index (χ2v) is 10.1. The normalized spacial score (nSPS) is 20.6. The number of carbonyl (C=O) groups excluding carboxylic acids is 1. The first kappa shape index (κ1) is 22.0. The molecule has 2 heterocycles. The number of benzene rings is 2. The Hall–Kier alpha value is -2.26. The summed E-state index contributed by atoms with van der Waals surface area (Å²) in [5.41, 5.74) is 1.91. The quantitative estimate of drug-likeness (QED) is 0.741. The molecule has 2 aliphatic rings. The SMILES string of the molecule is CN1CCN(S(=O)(=O)c2cc(C(=O)NCC3CCCO3)cc(-c3ccccc3)c2)CC1. The second kappa shape index (κ2) is 9.48. The fraction of sp³-hybridized carbons (Fsp3) is 0.435. The number of hydrogen-bond acceptors (Lipinski definition) is 5. The van der Waals surface area contributed by atoms with Crippen LogP contribution in [0.15, 0.2) is 53.4 Å². The summed E-state index contributed by atoms with van der Waals surface area (Å²) in [6, 6.07) is 14.4. The van der Waals surface area contributed by atoms with Gasteiger partial charge in [0.15, 0.2) is 0 Å². The van der Waals surface area contributed by atoms with E-state index in [9.17, 15) is 13.2 Å². The molecule has 1 unspecified atom stereocenters. The number of rotatable bonds is 6. The van der Waals surface area contributed by atoms with Crippen LogP contribution in [-0.4, -0.2) is 76.0 Å². The smallest absolute Gasteiger partial charge is 0.251 e. The lowest BCUT2D eigenvalue weighted by Gasteiger charge is -2.31. The Balaban J connectivity index is 1.65. The molecule has 1 N–H and O–H groups in total. The molecule has 0 radical (unpaired) electrons. The summed E-state index contributed by atoms with van der Waals surface area (Å²) in [6.07, 6.45) is 1.94. The van der Waals surface area contributed by atoms with Crippen molar-refractivity contribution in [3.63, 3.8) is 0 Å². The standard InChI is InChI=1S/C23H29N3O4S/c1-25-9-11-26(12-10-25)31(28,29)22-15-19(18-6-3-2-4-7-18)14-20(16-22)23(27)24-17-21-8-5-13-30-21/h2-4,6-7,14-16,21H,5,8-13,17H2,1H3,(H,24,27). The Bertz CT molecular complexity index is 1010. The van der Waals surface area contributed by atoms with Gasteiger partial charge in [-0.25, -0.2) is 8.42 Å². The second-order valence-electron chi connectivity index (χ2n) is 8.16. The topological polar surface area (TPSA) is 79.0 Å². The third-order valence-corrected chi connectivity index (χ3v) is 7.77. The molecule has 2 aromatic rings. The van der Waals surface area contributed by atoms with Gasteiger partial charge in [-0.1, -0.05) is 30.3 Å². The van der Waals surface area contributed by atoms with Crippen LogP contribution >= 0.6 is 0 Å². The van der Waals surface area contributed by atoms with Gasteiger partial charge in [0.2, 0.25) is 10.0 Å². The highest BCUT2D eigenvalue weighted by molar-refractivity contribution is 7.89. The molecular formula is C23H29N3O4S. The summed E-state index contributed by atoms with van der Waals surface area (Å²) >= 11 is 0. The number of piperazine rings is 1. The maximum absolute atomic E-state index is 13.4. The lowest BCUT2D eigenvalue weighted by molar-refractivity contribution is 0.0857. The van der Waals surface area contributed by atoms with Crippen molar-refractivity contribution < 1.29 is 17.9 Å². The molecule has 166 valence electrons. The van der Waals surface area contributed by atoms with Crippen LogP contribution in [0, 0.1) is 0 Å². The lowest BCUT2D eigenvalue weighted by Crippen LogP contribution is -2.47. The van der Waals surface area contributed by atoms with Crippen molar-refractivity contribution in [2.45, 2.75) is 23.8 Å². The highest BCUT2D eigenvalue weighted by Crippen LogP contribution is 2.27. The van der Waals surface area contributed by atoms with Gasteiger partial charge in [-0.05, 0) is 49.2 Å². The molecule has 2 aliphatic heterocycles. The summed E-state index contributed by atoms with van der Waals surface area (Å²) in [4.78, 5) is 15.2. The molecule has 8 heteroatoms. The molecule has 0 spiro atoms. The molecule has 1 amide bonds. The van der Waals surface area contributed by atoms with Crippen molar-refractivity contribution in [3.8, 4) is 11.1 Å². The Labute approximate surface area is 184 Å². The van der Waals surface area contributed by atoms with Crippen molar-refractivity contribution in [1.82, 2.24) is 14.5 Å². The molecule has 0 saturated carbocycles. The van der Waals surface area contributed by atoms with Gasteiger partial charge in [0.05, 0.1) is 11.0 Å².